The first-order valence-electron chi connectivity index (χ1n) is 5.74. The zero-order valence-corrected chi connectivity index (χ0v) is 10.4. The number of aromatic nitrogens is 2. The lowest BCUT2D eigenvalue weighted by Gasteiger charge is -2.34. The van der Waals surface area contributed by atoms with Crippen molar-refractivity contribution in [3.63, 3.8) is 0 Å². The van der Waals surface area contributed by atoms with E-state index in [1.54, 1.807) is 4.90 Å². The van der Waals surface area contributed by atoms with Crippen LogP contribution in [0.1, 0.15) is 10.5 Å². The highest BCUT2D eigenvalue weighted by atomic mass is 16.5. The molecule has 1 aromatic heterocycles. The number of hydrogen-bond donors (Lipinski definition) is 2. The quantitative estimate of drug-likeness (QED) is 0.680. The molecule has 8 nitrogen and oxygen atoms in total. The van der Waals surface area contributed by atoms with E-state index in [4.69, 9.17) is 0 Å². The largest absolute Gasteiger partial charge is 0.480 e. The van der Waals surface area contributed by atoms with Gasteiger partial charge in [-0.25, -0.2) is 14.6 Å². The molecule has 19 heavy (non-hydrogen) atoms. The lowest BCUT2D eigenvalue weighted by atomic mass is 10.2. The van der Waals surface area contributed by atoms with Crippen LogP contribution in [0.2, 0.25) is 0 Å². The summed E-state index contributed by atoms with van der Waals surface area (Å²) in [5.41, 5.74) is 0.0580. The minimum absolute atomic E-state index is 0.0580. The van der Waals surface area contributed by atoms with E-state index in [0.29, 0.717) is 25.5 Å². The van der Waals surface area contributed by atoms with E-state index in [2.05, 4.69) is 20.0 Å². The number of piperazine rings is 1. The summed E-state index contributed by atoms with van der Waals surface area (Å²) in [5, 5.41) is 12.2. The molecule has 1 aliphatic rings. The molecule has 0 aromatic carbocycles. The van der Waals surface area contributed by atoms with Gasteiger partial charge < -0.3 is 20.1 Å². The van der Waals surface area contributed by atoms with Crippen LogP contribution in [0.5, 0.6) is 0 Å². The van der Waals surface area contributed by atoms with Crippen LogP contribution in [-0.4, -0.2) is 59.8 Å². The summed E-state index contributed by atoms with van der Waals surface area (Å²) in [6.07, 6.45) is 2.72. The Morgan fingerprint density at radius 2 is 2.32 bits per heavy atom. The molecule has 1 unspecified atom stereocenters. The third-order valence-electron chi connectivity index (χ3n) is 2.84. The van der Waals surface area contributed by atoms with Crippen molar-refractivity contribution in [2.24, 2.45) is 0 Å². The van der Waals surface area contributed by atoms with Crippen LogP contribution in [-0.2, 0) is 9.53 Å². The fraction of sp³-hybridized carbons (Fsp3) is 0.455. The summed E-state index contributed by atoms with van der Waals surface area (Å²) in [6.45, 7) is 1.45. The number of carboxylic acid groups (broad SMARTS) is 1. The fourth-order valence-corrected chi connectivity index (χ4v) is 1.90. The molecular weight excluding hydrogens is 252 g/mol. The monoisotopic (exact) mass is 266 g/mol. The molecule has 0 saturated carbocycles. The van der Waals surface area contributed by atoms with Gasteiger partial charge in [-0.2, -0.15) is 0 Å². The number of rotatable bonds is 3. The number of anilines is 1. The lowest BCUT2D eigenvalue weighted by molar-refractivity contribution is -0.138. The number of esters is 1. The molecule has 1 atom stereocenters. The SMILES string of the molecule is COC(=O)c1cncc(N2CCNCC2C(=O)O)n1. The highest BCUT2D eigenvalue weighted by molar-refractivity contribution is 5.87. The van der Waals surface area contributed by atoms with Crippen LogP contribution >= 0.6 is 0 Å². The third kappa shape index (κ3) is 2.79. The van der Waals surface area contributed by atoms with Gasteiger partial charge in [0.05, 0.1) is 19.5 Å². The van der Waals surface area contributed by atoms with E-state index in [1.807, 2.05) is 0 Å². The average molecular weight is 266 g/mol. The first-order valence-corrected chi connectivity index (χ1v) is 5.74. The van der Waals surface area contributed by atoms with Gasteiger partial charge in [-0.1, -0.05) is 0 Å². The van der Waals surface area contributed by atoms with Crippen LogP contribution in [0.25, 0.3) is 0 Å². The summed E-state index contributed by atoms with van der Waals surface area (Å²) in [4.78, 5) is 32.2. The smallest absolute Gasteiger partial charge is 0.358 e. The Morgan fingerprint density at radius 3 is 3.00 bits per heavy atom. The van der Waals surface area contributed by atoms with E-state index in [0.717, 1.165) is 0 Å². The van der Waals surface area contributed by atoms with Crippen molar-refractivity contribution < 1.29 is 19.4 Å². The van der Waals surface area contributed by atoms with Crippen molar-refractivity contribution in [3.05, 3.63) is 18.1 Å². The Balaban J connectivity index is 2.29. The first-order chi connectivity index (χ1) is 9.13. The molecule has 0 radical (unpaired) electrons. The Morgan fingerprint density at radius 1 is 1.53 bits per heavy atom. The van der Waals surface area contributed by atoms with Crippen molar-refractivity contribution in [1.82, 2.24) is 15.3 Å². The first kappa shape index (κ1) is 13.2. The molecule has 0 bridgehead atoms. The Labute approximate surface area is 109 Å². The third-order valence-corrected chi connectivity index (χ3v) is 2.84. The standard InChI is InChI=1S/C11H14N4O4/c1-19-11(18)7-4-13-6-9(14-7)15-3-2-12-5-8(15)10(16)17/h4,6,8,12H,2-3,5H2,1H3,(H,16,17). The van der Waals surface area contributed by atoms with Crippen molar-refractivity contribution >= 4 is 17.8 Å². The predicted molar refractivity (Wildman–Crippen MR) is 65.0 cm³/mol. The number of carbonyl (C=O) groups excluding carboxylic acids is 1. The molecule has 1 aromatic rings. The highest BCUT2D eigenvalue weighted by Gasteiger charge is 2.29. The lowest BCUT2D eigenvalue weighted by Crippen LogP contribution is -2.55. The number of methoxy groups -OCH3 is 1. The maximum absolute atomic E-state index is 11.4. The molecule has 2 N–H and O–H groups in total. The van der Waals surface area contributed by atoms with Crippen LogP contribution in [0.15, 0.2) is 12.4 Å². The van der Waals surface area contributed by atoms with Gasteiger partial charge in [0, 0.05) is 19.6 Å². The summed E-state index contributed by atoms with van der Waals surface area (Å²) >= 11 is 0. The van der Waals surface area contributed by atoms with Crippen molar-refractivity contribution in [2.75, 3.05) is 31.6 Å². The second-order valence-electron chi connectivity index (χ2n) is 4.01. The van der Waals surface area contributed by atoms with E-state index in [-0.39, 0.29) is 5.69 Å². The Kier molecular flexibility index (Phi) is 3.91. The molecule has 0 spiro atoms. The van der Waals surface area contributed by atoms with Crippen LogP contribution in [0, 0.1) is 0 Å². The van der Waals surface area contributed by atoms with Gasteiger partial charge in [-0.05, 0) is 0 Å². The van der Waals surface area contributed by atoms with Gasteiger partial charge in [-0.3, -0.25) is 4.98 Å². The van der Waals surface area contributed by atoms with E-state index in [1.165, 1.54) is 19.5 Å². The predicted octanol–water partition coefficient (Wildman–Crippen LogP) is -0.874. The molecular formula is C11H14N4O4. The highest BCUT2D eigenvalue weighted by Crippen LogP contribution is 2.15. The minimum atomic E-state index is -0.947. The molecule has 1 aliphatic heterocycles. The summed E-state index contributed by atoms with van der Waals surface area (Å²) < 4.78 is 4.56. The number of hydrogen-bond acceptors (Lipinski definition) is 7. The van der Waals surface area contributed by atoms with E-state index >= 15 is 0 Å². The van der Waals surface area contributed by atoms with Gasteiger partial charge in [0.1, 0.15) is 11.9 Å². The minimum Gasteiger partial charge on any atom is -0.480 e. The Bertz CT molecular complexity index is 493. The maximum Gasteiger partial charge on any atom is 0.358 e. The van der Waals surface area contributed by atoms with Crippen LogP contribution in [0.3, 0.4) is 0 Å². The zero-order valence-electron chi connectivity index (χ0n) is 10.4. The van der Waals surface area contributed by atoms with Crippen LogP contribution in [0.4, 0.5) is 5.82 Å². The molecule has 2 rings (SSSR count). The van der Waals surface area contributed by atoms with Gasteiger partial charge >= 0.3 is 11.9 Å². The number of ether oxygens (including phenoxy) is 1. The van der Waals surface area contributed by atoms with Crippen molar-refractivity contribution in [3.8, 4) is 0 Å². The molecule has 8 heteroatoms. The molecule has 2 heterocycles. The van der Waals surface area contributed by atoms with Gasteiger partial charge in [0.25, 0.3) is 0 Å². The molecule has 102 valence electrons. The molecule has 0 amide bonds. The number of carbonyl (C=O) groups is 2. The van der Waals surface area contributed by atoms with Gasteiger partial charge in [0.15, 0.2) is 5.69 Å². The van der Waals surface area contributed by atoms with E-state index < -0.39 is 18.0 Å². The second-order valence-corrected chi connectivity index (χ2v) is 4.01. The second kappa shape index (κ2) is 5.61. The van der Waals surface area contributed by atoms with Crippen molar-refractivity contribution in [1.29, 1.82) is 0 Å². The maximum atomic E-state index is 11.4. The van der Waals surface area contributed by atoms with Crippen LogP contribution < -0.4 is 10.2 Å². The molecule has 1 saturated heterocycles. The average Bonchev–Trinajstić information content (AvgIpc) is 2.46. The number of nitrogens with zero attached hydrogens (tertiary/aromatic N) is 3. The molecule has 0 aliphatic carbocycles. The fourth-order valence-electron chi connectivity index (χ4n) is 1.90. The van der Waals surface area contributed by atoms with Gasteiger partial charge in [0.2, 0.25) is 0 Å². The Hall–Kier alpha value is -2.22. The normalized spacial score (nSPS) is 19.0. The van der Waals surface area contributed by atoms with Gasteiger partial charge in [-0.15, -0.1) is 0 Å². The summed E-state index contributed by atoms with van der Waals surface area (Å²) in [5.74, 6) is -1.19. The number of nitrogens with one attached hydrogen (secondary N) is 1. The summed E-state index contributed by atoms with van der Waals surface area (Å²) in [7, 11) is 1.25. The van der Waals surface area contributed by atoms with E-state index in [9.17, 15) is 14.7 Å². The molecule has 1 fully saturated rings. The summed E-state index contributed by atoms with van der Waals surface area (Å²) in [6, 6.07) is -0.726. The zero-order chi connectivity index (χ0) is 13.8. The topological polar surface area (TPSA) is 105 Å². The number of carboxylic acids is 1. The number of aliphatic carboxylic acids is 1. The van der Waals surface area contributed by atoms with Crippen molar-refractivity contribution in [2.45, 2.75) is 6.04 Å².